The molecule has 2 amide bonds. The first-order valence-corrected chi connectivity index (χ1v) is 27.8. The van der Waals surface area contributed by atoms with Crippen LogP contribution in [0.4, 0.5) is 9.59 Å². The molecule has 0 saturated carbocycles. The van der Waals surface area contributed by atoms with Crippen LogP contribution in [-0.4, -0.2) is 122 Å². The van der Waals surface area contributed by atoms with Crippen molar-refractivity contribution < 1.29 is 28.9 Å². The molecule has 0 saturated heterocycles. The van der Waals surface area contributed by atoms with Crippen molar-refractivity contribution >= 4 is 185 Å². The van der Waals surface area contributed by atoms with Crippen LogP contribution in [-0.2, 0) is 22.4 Å². The average molecular weight is 865 g/mol. The maximum atomic E-state index is 12.0. The molecule has 43 heavy (non-hydrogen) atoms. The third kappa shape index (κ3) is 37.7. The highest BCUT2D eigenvalue weighted by Crippen LogP contribution is 2.20. The Kier molecular flexibility index (Phi) is 40.5. The smallest absolute Gasteiger partial charge is 0.280 e. The van der Waals surface area contributed by atoms with Gasteiger partial charge in [-0.15, -0.1) is 94.1 Å². The molecular formula is C19H36N4O6S14. The number of aliphatic hydroxyl groups is 2. The highest BCUT2D eigenvalue weighted by Gasteiger charge is 2.06. The molecule has 4 N–H and O–H groups in total. The second-order valence-electron chi connectivity index (χ2n) is 6.46. The summed E-state index contributed by atoms with van der Waals surface area (Å²) in [6.07, 6.45) is 0. The molecule has 2 unspecified atom stereocenters. The predicted molar refractivity (Wildman–Crippen MR) is 219 cm³/mol. The van der Waals surface area contributed by atoms with Crippen LogP contribution in [0.15, 0.2) is 9.98 Å². The van der Waals surface area contributed by atoms with Crippen LogP contribution < -0.4 is 10.6 Å². The van der Waals surface area contributed by atoms with Crippen molar-refractivity contribution in [2.45, 2.75) is 0 Å². The van der Waals surface area contributed by atoms with E-state index in [0.717, 1.165) is 20.3 Å². The summed E-state index contributed by atoms with van der Waals surface area (Å²) in [7, 11) is 0. The Morgan fingerprint density at radius 1 is 0.581 bits per heavy atom. The zero-order chi connectivity index (χ0) is 31.6. The Balaban J connectivity index is 3.47. The van der Waals surface area contributed by atoms with Gasteiger partial charge in [-0.2, -0.15) is 0 Å². The average Bonchev–Trinajstić information content (AvgIpc) is 2.99. The molecule has 0 aromatic carbocycles. The number of amides is 2. The van der Waals surface area contributed by atoms with E-state index in [2.05, 4.69) is 20.6 Å². The molecule has 0 aliphatic rings. The number of hydrogen-bond donors (Lipinski definition) is 4. The number of carbonyl (C=O) groups is 2. The van der Waals surface area contributed by atoms with Crippen molar-refractivity contribution in [1.29, 1.82) is 0 Å². The summed E-state index contributed by atoms with van der Waals surface area (Å²) in [5.74, 6) is 2.26. The van der Waals surface area contributed by atoms with E-state index in [0.29, 0.717) is 48.9 Å². The van der Waals surface area contributed by atoms with Gasteiger partial charge in [0.25, 0.3) is 10.5 Å². The first-order chi connectivity index (χ1) is 21.0. The maximum Gasteiger partial charge on any atom is 0.280 e. The van der Waals surface area contributed by atoms with E-state index in [9.17, 15) is 18.7 Å². The molecule has 0 heterocycles. The highest BCUT2D eigenvalue weighted by atomic mass is 32.3. The summed E-state index contributed by atoms with van der Waals surface area (Å²) >= 11 is 15.6. The summed E-state index contributed by atoms with van der Waals surface area (Å²) in [5.41, 5.74) is 2.94. The van der Waals surface area contributed by atoms with Crippen LogP contribution in [0, 0.1) is 0 Å². The zero-order valence-corrected chi connectivity index (χ0v) is 34.3. The van der Waals surface area contributed by atoms with E-state index < -0.39 is 22.4 Å². The molecule has 0 bridgehead atoms. The van der Waals surface area contributed by atoms with Crippen LogP contribution >= 0.6 is 141 Å². The fraction of sp³-hybridized carbons (Fsp3) is 0.789. The molecule has 0 aromatic heterocycles. The van der Waals surface area contributed by atoms with Crippen molar-refractivity contribution in [2.24, 2.45) is 9.98 Å². The lowest BCUT2D eigenvalue weighted by atomic mass is 11.2. The number of rotatable bonds is 30. The molecule has 0 aromatic rings. The maximum absolute atomic E-state index is 12.0. The Hall–Kier alpha value is 3.02. The molecule has 24 heteroatoms. The fourth-order valence-electron chi connectivity index (χ4n) is 1.73. The molecule has 2 atom stereocenters. The number of carbonyl (C=O) groups excluding carboxylic acids is 2. The summed E-state index contributed by atoms with van der Waals surface area (Å²) in [6.45, 7) is 0. The molecule has 0 rings (SSSR count). The van der Waals surface area contributed by atoms with Gasteiger partial charge in [0, 0.05) is 57.9 Å². The van der Waals surface area contributed by atoms with E-state index in [1.54, 1.807) is 82.3 Å². The quantitative estimate of drug-likeness (QED) is 0.0215. The number of aliphatic imine (C=N–C) groups is 2. The summed E-state index contributed by atoms with van der Waals surface area (Å²) in [6, 6.07) is 0. The minimum Gasteiger partial charge on any atom is -0.610 e. The van der Waals surface area contributed by atoms with Gasteiger partial charge in [0.1, 0.15) is 0 Å². The molecule has 0 spiro atoms. The Morgan fingerprint density at radius 3 is 1.42 bits per heavy atom. The monoisotopic (exact) mass is 864 g/mol. The van der Waals surface area contributed by atoms with Crippen LogP contribution in [0.25, 0.3) is 0 Å². The third-order valence-corrected chi connectivity index (χ3v) is 18.8. The van der Waals surface area contributed by atoms with Crippen LogP contribution in [0.1, 0.15) is 0 Å². The van der Waals surface area contributed by atoms with Gasteiger partial charge in [0.15, 0.2) is 10.2 Å². The van der Waals surface area contributed by atoms with E-state index in [-0.39, 0.29) is 22.4 Å². The Labute approximate surface area is 312 Å². The second-order valence-corrected chi connectivity index (χ2v) is 23.9. The SMILES string of the molecule is O=C(NCSCSC/N=C\[S+]([O-])CSCSCSC(=O)NCSCSC/N=C\[S+]([O-])CSCSCO)SCSCSCO. The van der Waals surface area contributed by atoms with E-state index in [4.69, 9.17) is 10.2 Å². The first kappa shape index (κ1) is 46.0. The van der Waals surface area contributed by atoms with Gasteiger partial charge >= 0.3 is 0 Å². The van der Waals surface area contributed by atoms with Crippen molar-refractivity contribution in [2.75, 3.05) is 81.1 Å². The van der Waals surface area contributed by atoms with Crippen LogP contribution in [0.5, 0.6) is 0 Å². The Bertz CT molecular complexity index is 725. The van der Waals surface area contributed by atoms with Gasteiger partial charge in [-0.1, -0.05) is 47.0 Å². The topological polar surface area (TPSA) is 169 Å². The van der Waals surface area contributed by atoms with E-state index in [1.807, 2.05) is 0 Å². The summed E-state index contributed by atoms with van der Waals surface area (Å²) in [5, 5.41) is 28.9. The van der Waals surface area contributed by atoms with Gasteiger partial charge in [0.2, 0.25) is 11.1 Å². The van der Waals surface area contributed by atoms with Crippen LogP contribution in [0.3, 0.4) is 0 Å². The van der Waals surface area contributed by atoms with Gasteiger partial charge in [0.05, 0.1) is 35.4 Å². The molecule has 0 aliphatic heterocycles. The summed E-state index contributed by atoms with van der Waals surface area (Å²) < 4.78 is 23.7. The number of hydrogen-bond acceptors (Lipinski definition) is 20. The van der Waals surface area contributed by atoms with Gasteiger partial charge < -0.3 is 30.0 Å². The Morgan fingerprint density at radius 2 is 0.977 bits per heavy atom. The predicted octanol–water partition coefficient (Wildman–Crippen LogP) is 6.11. The number of thioether (sulfide) groups is 12. The molecule has 0 fully saturated rings. The highest BCUT2D eigenvalue weighted by molar-refractivity contribution is 8.29. The normalized spacial score (nSPS) is 13.1. The number of nitrogens with zero attached hydrogens (tertiary/aromatic N) is 2. The molecule has 10 nitrogen and oxygen atoms in total. The molecule has 0 aliphatic carbocycles. The zero-order valence-electron chi connectivity index (χ0n) is 22.9. The molecule has 0 radical (unpaired) electrons. The summed E-state index contributed by atoms with van der Waals surface area (Å²) in [4.78, 5) is 31.9. The molecular weight excluding hydrogens is 829 g/mol. The standard InChI is InChI=1S/C19H36N4O6S14/c24-7-34-11-36-14-40-18(26)22-3-32-10-31-2-21-6-43(29)17-39-13-37-15-41-19(27)23-4-33-9-30-1-20-5-42(28)16-38-12-35-8-25/h5-6,24-25H,1-4,7-17H2,(H,22,26)(H,23,27)/b20-5-,21-6-. The number of aliphatic hydroxyl groups excluding tert-OH is 2. The number of nitrogens with one attached hydrogen (secondary N) is 2. The lowest BCUT2D eigenvalue weighted by molar-refractivity contribution is 0.261. The first-order valence-electron chi connectivity index (χ1n) is 11.5. The fourth-order valence-corrected chi connectivity index (χ4v) is 14.8. The van der Waals surface area contributed by atoms with E-state index in [1.165, 1.54) is 69.9 Å². The minimum atomic E-state index is -1.13. The third-order valence-electron chi connectivity index (χ3n) is 3.31. The van der Waals surface area contributed by atoms with Crippen molar-refractivity contribution in [3.8, 4) is 0 Å². The lowest BCUT2D eigenvalue weighted by Gasteiger charge is -2.06. The van der Waals surface area contributed by atoms with Crippen molar-refractivity contribution in [3.05, 3.63) is 0 Å². The second kappa shape index (κ2) is 37.8. The van der Waals surface area contributed by atoms with Crippen molar-refractivity contribution in [1.82, 2.24) is 10.6 Å². The van der Waals surface area contributed by atoms with Crippen molar-refractivity contribution in [3.63, 3.8) is 0 Å². The van der Waals surface area contributed by atoms with Gasteiger partial charge in [-0.25, -0.2) is 9.98 Å². The lowest BCUT2D eigenvalue weighted by Crippen LogP contribution is -2.17. The largest absolute Gasteiger partial charge is 0.610 e. The van der Waals surface area contributed by atoms with Gasteiger partial charge in [-0.05, 0) is 0 Å². The van der Waals surface area contributed by atoms with Crippen LogP contribution in [0.2, 0.25) is 0 Å². The molecule has 252 valence electrons. The van der Waals surface area contributed by atoms with Gasteiger partial charge in [-0.3, -0.25) is 9.59 Å². The van der Waals surface area contributed by atoms with E-state index >= 15 is 0 Å². The minimum absolute atomic E-state index is 0.0536.